The van der Waals surface area contributed by atoms with Gasteiger partial charge in [0.2, 0.25) is 0 Å². The van der Waals surface area contributed by atoms with Gasteiger partial charge in [-0.2, -0.15) is 0 Å². The molecule has 0 bridgehead atoms. The average molecular weight is 324 g/mol. The molecule has 0 aromatic heterocycles. The molecule has 1 unspecified atom stereocenters. The van der Waals surface area contributed by atoms with Crippen LogP contribution in [0.5, 0.6) is 11.5 Å². The fraction of sp³-hybridized carbons (Fsp3) is 0.350. The maximum Gasteiger partial charge on any atom is 0.182 e. The van der Waals surface area contributed by atoms with E-state index in [1.54, 1.807) is 7.11 Å². The quantitative estimate of drug-likeness (QED) is 0.835. The minimum Gasteiger partial charge on any atom is -0.504 e. The van der Waals surface area contributed by atoms with Crippen molar-refractivity contribution in [3.05, 3.63) is 58.1 Å². The highest BCUT2D eigenvalue weighted by molar-refractivity contribution is 5.97. The Labute approximate surface area is 141 Å². The smallest absolute Gasteiger partial charge is 0.182 e. The zero-order valence-corrected chi connectivity index (χ0v) is 14.0. The van der Waals surface area contributed by atoms with Crippen molar-refractivity contribution < 1.29 is 19.5 Å². The van der Waals surface area contributed by atoms with Gasteiger partial charge in [0.25, 0.3) is 0 Å². The second-order valence-corrected chi connectivity index (χ2v) is 6.62. The molecule has 0 radical (unpaired) electrons. The molecule has 0 amide bonds. The Kier molecular flexibility index (Phi) is 3.57. The van der Waals surface area contributed by atoms with Crippen LogP contribution in [0.3, 0.4) is 0 Å². The minimum atomic E-state index is 0.0866. The molecule has 2 aliphatic rings. The SMILES string of the molecule is COc1cc2c(cc1O)CC1c3ccc(CO)cc3CC[N+]1=C2C. The molecule has 4 heteroatoms. The third-order valence-corrected chi connectivity index (χ3v) is 5.39. The van der Waals surface area contributed by atoms with E-state index >= 15 is 0 Å². The van der Waals surface area contributed by atoms with Gasteiger partial charge in [0.15, 0.2) is 23.3 Å². The molecule has 0 fully saturated rings. The molecule has 2 heterocycles. The van der Waals surface area contributed by atoms with Crippen molar-refractivity contribution >= 4 is 5.71 Å². The van der Waals surface area contributed by atoms with Gasteiger partial charge in [0.1, 0.15) is 6.54 Å². The van der Waals surface area contributed by atoms with E-state index in [1.165, 1.54) is 16.8 Å². The third-order valence-electron chi connectivity index (χ3n) is 5.39. The van der Waals surface area contributed by atoms with Crippen LogP contribution in [0.15, 0.2) is 30.3 Å². The zero-order valence-electron chi connectivity index (χ0n) is 14.0. The van der Waals surface area contributed by atoms with Gasteiger partial charge in [-0.1, -0.05) is 18.2 Å². The number of nitrogens with zero attached hydrogens (tertiary/aromatic N) is 1. The van der Waals surface area contributed by atoms with Crippen LogP contribution in [0.4, 0.5) is 0 Å². The first-order valence-electron chi connectivity index (χ1n) is 8.35. The molecule has 0 spiro atoms. The van der Waals surface area contributed by atoms with Crippen molar-refractivity contribution in [2.24, 2.45) is 0 Å². The summed E-state index contributed by atoms with van der Waals surface area (Å²) in [5.74, 6) is 0.723. The molecule has 2 aromatic carbocycles. The minimum absolute atomic E-state index is 0.0866. The summed E-state index contributed by atoms with van der Waals surface area (Å²) in [5, 5.41) is 19.5. The van der Waals surface area contributed by atoms with Gasteiger partial charge < -0.3 is 14.9 Å². The van der Waals surface area contributed by atoms with Gasteiger partial charge in [-0.15, -0.1) is 0 Å². The lowest BCUT2D eigenvalue weighted by Gasteiger charge is -2.30. The standard InChI is InChI=1S/C20H21NO3/c1-12-17-10-20(24-2)19(23)9-15(17)8-18-16-4-3-13(11-22)7-14(16)5-6-21(12)18/h3-4,7,9-10,18,22H,5-6,8,11H2,1-2H3/p+1. The largest absolute Gasteiger partial charge is 0.504 e. The normalized spacial score (nSPS) is 18.7. The maximum atomic E-state index is 10.1. The maximum absolute atomic E-state index is 10.1. The van der Waals surface area contributed by atoms with E-state index in [1.807, 2.05) is 18.2 Å². The number of phenolic OH excluding ortho intramolecular Hbond substituents is 1. The van der Waals surface area contributed by atoms with E-state index in [4.69, 9.17) is 4.74 Å². The van der Waals surface area contributed by atoms with Crippen molar-refractivity contribution in [3.8, 4) is 11.5 Å². The highest BCUT2D eigenvalue weighted by atomic mass is 16.5. The van der Waals surface area contributed by atoms with Crippen LogP contribution < -0.4 is 4.74 Å². The van der Waals surface area contributed by atoms with Gasteiger partial charge in [-0.3, -0.25) is 0 Å². The predicted molar refractivity (Wildman–Crippen MR) is 92.1 cm³/mol. The van der Waals surface area contributed by atoms with Crippen molar-refractivity contribution in [1.82, 2.24) is 0 Å². The second kappa shape index (κ2) is 5.64. The van der Waals surface area contributed by atoms with E-state index in [9.17, 15) is 10.2 Å². The van der Waals surface area contributed by atoms with Gasteiger partial charge >= 0.3 is 0 Å². The Morgan fingerprint density at radius 2 is 2.04 bits per heavy atom. The molecule has 0 saturated carbocycles. The molecule has 0 saturated heterocycles. The summed E-state index contributed by atoms with van der Waals surface area (Å²) in [4.78, 5) is 0. The number of aliphatic hydroxyl groups is 1. The topological polar surface area (TPSA) is 52.7 Å². The molecule has 2 N–H and O–H groups in total. The molecule has 4 nitrogen and oxygen atoms in total. The van der Waals surface area contributed by atoms with E-state index in [2.05, 4.69) is 23.6 Å². The number of rotatable bonds is 2. The Morgan fingerprint density at radius 3 is 2.79 bits per heavy atom. The van der Waals surface area contributed by atoms with E-state index in [0.717, 1.165) is 36.1 Å². The number of methoxy groups -OCH3 is 1. The van der Waals surface area contributed by atoms with Crippen LogP contribution in [0.1, 0.15) is 40.8 Å². The van der Waals surface area contributed by atoms with Crippen molar-refractivity contribution in [2.75, 3.05) is 13.7 Å². The number of phenols is 1. The molecule has 2 aliphatic heterocycles. The predicted octanol–water partition coefficient (Wildman–Crippen LogP) is 2.57. The first-order chi connectivity index (χ1) is 11.6. The van der Waals surface area contributed by atoms with Crippen LogP contribution in [0.25, 0.3) is 0 Å². The second-order valence-electron chi connectivity index (χ2n) is 6.62. The van der Waals surface area contributed by atoms with Crippen LogP contribution >= 0.6 is 0 Å². The first kappa shape index (κ1) is 15.2. The number of aliphatic hydroxyl groups excluding tert-OH is 1. The third kappa shape index (κ3) is 2.21. The number of fused-ring (bicyclic) bond motifs is 4. The summed E-state index contributed by atoms with van der Waals surface area (Å²) in [6.07, 6.45) is 1.86. The van der Waals surface area contributed by atoms with Crippen LogP contribution in [0.2, 0.25) is 0 Å². The van der Waals surface area contributed by atoms with E-state index in [0.29, 0.717) is 11.8 Å². The van der Waals surface area contributed by atoms with E-state index in [-0.39, 0.29) is 12.4 Å². The van der Waals surface area contributed by atoms with Crippen LogP contribution in [-0.4, -0.2) is 34.2 Å². The number of hydrogen-bond donors (Lipinski definition) is 2. The summed E-state index contributed by atoms with van der Waals surface area (Å²) in [5.41, 5.74) is 7.19. The Bertz CT molecular complexity index is 854. The summed E-state index contributed by atoms with van der Waals surface area (Å²) in [7, 11) is 1.58. The summed E-state index contributed by atoms with van der Waals surface area (Å²) in [6, 6.07) is 10.4. The fourth-order valence-corrected chi connectivity index (χ4v) is 4.13. The molecule has 2 aromatic rings. The van der Waals surface area contributed by atoms with Crippen molar-refractivity contribution in [3.63, 3.8) is 0 Å². The molecule has 4 rings (SSSR count). The molecule has 1 atom stereocenters. The average Bonchev–Trinajstić information content (AvgIpc) is 2.60. The molecular formula is C20H22NO3+. The van der Waals surface area contributed by atoms with Crippen molar-refractivity contribution in [1.29, 1.82) is 0 Å². The van der Waals surface area contributed by atoms with Gasteiger partial charge in [0, 0.05) is 30.9 Å². The summed E-state index contributed by atoms with van der Waals surface area (Å²) < 4.78 is 7.73. The molecule has 24 heavy (non-hydrogen) atoms. The molecule has 124 valence electrons. The van der Waals surface area contributed by atoms with E-state index < -0.39 is 0 Å². The lowest BCUT2D eigenvalue weighted by Crippen LogP contribution is -2.37. The highest BCUT2D eigenvalue weighted by Crippen LogP contribution is 2.38. The Morgan fingerprint density at radius 1 is 1.21 bits per heavy atom. The van der Waals surface area contributed by atoms with Crippen molar-refractivity contribution in [2.45, 2.75) is 32.4 Å². The van der Waals surface area contributed by atoms with Gasteiger partial charge in [-0.05, 0) is 28.8 Å². The lowest BCUT2D eigenvalue weighted by atomic mass is 9.83. The van der Waals surface area contributed by atoms with Crippen LogP contribution in [-0.2, 0) is 19.4 Å². The summed E-state index contributed by atoms with van der Waals surface area (Å²) >= 11 is 0. The van der Waals surface area contributed by atoms with Gasteiger partial charge in [-0.25, -0.2) is 4.58 Å². The molecular weight excluding hydrogens is 302 g/mol. The zero-order chi connectivity index (χ0) is 16.8. The first-order valence-corrected chi connectivity index (χ1v) is 8.35. The number of aromatic hydroxyl groups is 1. The monoisotopic (exact) mass is 324 g/mol. The highest BCUT2D eigenvalue weighted by Gasteiger charge is 2.37. The Hall–Kier alpha value is -2.33. The number of hydrogen-bond acceptors (Lipinski definition) is 3. The van der Waals surface area contributed by atoms with Gasteiger partial charge in [0.05, 0.1) is 13.7 Å². The lowest BCUT2D eigenvalue weighted by molar-refractivity contribution is -0.577. The summed E-state index contributed by atoms with van der Waals surface area (Å²) in [6.45, 7) is 3.21. The number of benzene rings is 2. The number of ether oxygens (including phenoxy) is 1. The Balaban J connectivity index is 1.84. The van der Waals surface area contributed by atoms with Crippen LogP contribution in [0, 0.1) is 0 Å². The molecule has 0 aliphatic carbocycles. The fourth-order valence-electron chi connectivity index (χ4n) is 4.13.